The van der Waals surface area contributed by atoms with E-state index in [0.29, 0.717) is 16.1 Å². The standard InChI is InChI=1S/C14H11ClO2S/c15-12-8-6-11(7-9-12)14(17)18-13(16)10-4-2-1-3-5-10/h1-9,14,17H/t14-/m0/s1. The average Bonchev–Trinajstić information content (AvgIpc) is 2.40. The lowest BCUT2D eigenvalue weighted by Gasteiger charge is -2.09. The van der Waals surface area contributed by atoms with Crippen molar-refractivity contribution >= 4 is 28.5 Å². The van der Waals surface area contributed by atoms with Gasteiger partial charge in [0, 0.05) is 10.6 Å². The first kappa shape index (κ1) is 13.1. The van der Waals surface area contributed by atoms with Gasteiger partial charge in [0.2, 0.25) is 5.12 Å². The second-order valence-corrected chi connectivity index (χ2v) is 5.16. The van der Waals surface area contributed by atoms with E-state index in [2.05, 4.69) is 0 Å². The second-order valence-electron chi connectivity index (χ2n) is 3.68. The summed E-state index contributed by atoms with van der Waals surface area (Å²) in [6, 6.07) is 15.7. The van der Waals surface area contributed by atoms with Gasteiger partial charge < -0.3 is 5.11 Å². The summed E-state index contributed by atoms with van der Waals surface area (Å²) in [7, 11) is 0. The van der Waals surface area contributed by atoms with Gasteiger partial charge in [-0.25, -0.2) is 0 Å². The Hall–Kier alpha value is -1.29. The maximum Gasteiger partial charge on any atom is 0.222 e. The number of benzene rings is 2. The largest absolute Gasteiger partial charge is 0.378 e. The Labute approximate surface area is 115 Å². The van der Waals surface area contributed by atoms with Gasteiger partial charge in [-0.2, -0.15) is 0 Å². The molecule has 2 aromatic carbocycles. The molecule has 0 spiro atoms. The Morgan fingerprint density at radius 1 is 1.06 bits per heavy atom. The molecule has 1 atom stereocenters. The van der Waals surface area contributed by atoms with Crippen molar-refractivity contribution in [3.8, 4) is 0 Å². The van der Waals surface area contributed by atoms with Crippen LogP contribution in [0.15, 0.2) is 54.6 Å². The highest BCUT2D eigenvalue weighted by Gasteiger charge is 2.14. The fourth-order valence-corrected chi connectivity index (χ4v) is 2.33. The molecule has 0 aliphatic rings. The molecule has 18 heavy (non-hydrogen) atoms. The molecule has 0 bridgehead atoms. The Balaban J connectivity index is 2.06. The van der Waals surface area contributed by atoms with E-state index in [1.165, 1.54) is 0 Å². The van der Waals surface area contributed by atoms with E-state index in [1.807, 2.05) is 6.07 Å². The number of hydrogen-bond acceptors (Lipinski definition) is 3. The molecule has 0 fully saturated rings. The zero-order valence-corrected chi connectivity index (χ0v) is 11.0. The summed E-state index contributed by atoms with van der Waals surface area (Å²) in [6.45, 7) is 0. The number of thioether (sulfide) groups is 1. The van der Waals surface area contributed by atoms with E-state index in [4.69, 9.17) is 11.6 Å². The third-order valence-electron chi connectivity index (χ3n) is 2.38. The van der Waals surface area contributed by atoms with Crippen LogP contribution >= 0.6 is 23.4 Å². The molecule has 0 radical (unpaired) electrons. The molecular weight excluding hydrogens is 268 g/mol. The molecule has 2 aromatic rings. The van der Waals surface area contributed by atoms with Gasteiger partial charge in [-0.05, 0) is 29.5 Å². The third kappa shape index (κ3) is 3.35. The number of aliphatic hydroxyl groups excluding tert-OH is 1. The molecule has 0 heterocycles. The van der Waals surface area contributed by atoms with Crippen molar-refractivity contribution in [2.24, 2.45) is 0 Å². The Bertz CT molecular complexity index is 525. The quantitative estimate of drug-likeness (QED) is 0.865. The number of halogens is 1. The van der Waals surface area contributed by atoms with E-state index < -0.39 is 5.44 Å². The molecule has 0 unspecified atom stereocenters. The van der Waals surface area contributed by atoms with Crippen LogP contribution in [0, 0.1) is 0 Å². The lowest BCUT2D eigenvalue weighted by atomic mass is 10.2. The molecular formula is C14H11ClO2S. The second kappa shape index (κ2) is 6.05. The first-order valence-electron chi connectivity index (χ1n) is 5.36. The fraction of sp³-hybridized carbons (Fsp3) is 0.0714. The highest BCUT2D eigenvalue weighted by molar-refractivity contribution is 8.14. The number of hydrogen-bond donors (Lipinski definition) is 1. The zero-order chi connectivity index (χ0) is 13.0. The smallest absolute Gasteiger partial charge is 0.222 e. The molecule has 0 amide bonds. The molecule has 0 aliphatic heterocycles. The number of aliphatic hydroxyl groups is 1. The van der Waals surface area contributed by atoms with Gasteiger partial charge in [-0.1, -0.05) is 54.1 Å². The summed E-state index contributed by atoms with van der Waals surface area (Å²) in [5.74, 6) is 0. The fourth-order valence-electron chi connectivity index (χ4n) is 1.44. The molecule has 1 N–H and O–H groups in total. The van der Waals surface area contributed by atoms with Crippen LogP contribution in [0.4, 0.5) is 0 Å². The van der Waals surface area contributed by atoms with Crippen molar-refractivity contribution in [3.05, 3.63) is 70.7 Å². The summed E-state index contributed by atoms with van der Waals surface area (Å²) in [4.78, 5) is 11.9. The topological polar surface area (TPSA) is 37.3 Å². The van der Waals surface area contributed by atoms with Crippen molar-refractivity contribution in [3.63, 3.8) is 0 Å². The van der Waals surface area contributed by atoms with E-state index >= 15 is 0 Å². The predicted molar refractivity (Wildman–Crippen MR) is 74.8 cm³/mol. The van der Waals surface area contributed by atoms with E-state index in [1.54, 1.807) is 48.5 Å². The highest BCUT2D eigenvalue weighted by atomic mass is 35.5. The molecule has 0 aromatic heterocycles. The summed E-state index contributed by atoms with van der Waals surface area (Å²) < 4.78 is 0. The molecule has 4 heteroatoms. The number of rotatable bonds is 3. The Morgan fingerprint density at radius 2 is 1.67 bits per heavy atom. The maximum atomic E-state index is 11.9. The van der Waals surface area contributed by atoms with Gasteiger partial charge in [-0.15, -0.1) is 0 Å². The minimum Gasteiger partial charge on any atom is -0.378 e. The van der Waals surface area contributed by atoms with Crippen LogP contribution in [-0.2, 0) is 0 Å². The van der Waals surface area contributed by atoms with Crippen LogP contribution < -0.4 is 0 Å². The van der Waals surface area contributed by atoms with Crippen LogP contribution in [0.25, 0.3) is 0 Å². The molecule has 92 valence electrons. The van der Waals surface area contributed by atoms with E-state index in [0.717, 1.165) is 11.8 Å². The number of carbonyl (C=O) groups is 1. The minimum atomic E-state index is -0.880. The Kier molecular flexibility index (Phi) is 4.42. The Morgan fingerprint density at radius 3 is 2.28 bits per heavy atom. The van der Waals surface area contributed by atoms with Crippen molar-refractivity contribution in [1.29, 1.82) is 0 Å². The highest BCUT2D eigenvalue weighted by Crippen LogP contribution is 2.29. The molecule has 2 rings (SSSR count). The third-order valence-corrected chi connectivity index (χ3v) is 3.58. The molecule has 0 saturated carbocycles. The molecule has 0 aliphatic carbocycles. The summed E-state index contributed by atoms with van der Waals surface area (Å²) in [6.07, 6.45) is 0. The SMILES string of the molecule is O=C(S[C@H](O)c1ccc(Cl)cc1)c1ccccc1. The van der Waals surface area contributed by atoms with Crippen molar-refractivity contribution < 1.29 is 9.90 Å². The molecule has 0 saturated heterocycles. The minimum absolute atomic E-state index is 0.155. The summed E-state index contributed by atoms with van der Waals surface area (Å²) in [5, 5.41) is 10.4. The van der Waals surface area contributed by atoms with Crippen LogP contribution in [0.3, 0.4) is 0 Å². The predicted octanol–water partition coefficient (Wildman–Crippen LogP) is 3.90. The molecule has 2 nitrogen and oxygen atoms in total. The van der Waals surface area contributed by atoms with Crippen LogP contribution in [0.2, 0.25) is 5.02 Å². The van der Waals surface area contributed by atoms with Crippen molar-refractivity contribution in [1.82, 2.24) is 0 Å². The normalized spacial score (nSPS) is 12.1. The lowest BCUT2D eigenvalue weighted by molar-refractivity contribution is 0.108. The van der Waals surface area contributed by atoms with Gasteiger partial charge in [0.15, 0.2) is 0 Å². The van der Waals surface area contributed by atoms with Gasteiger partial charge >= 0.3 is 0 Å². The van der Waals surface area contributed by atoms with Crippen molar-refractivity contribution in [2.45, 2.75) is 5.44 Å². The number of carbonyl (C=O) groups excluding carboxylic acids is 1. The van der Waals surface area contributed by atoms with Gasteiger partial charge in [0.05, 0.1) is 0 Å². The van der Waals surface area contributed by atoms with E-state index in [-0.39, 0.29) is 5.12 Å². The van der Waals surface area contributed by atoms with Crippen LogP contribution in [-0.4, -0.2) is 10.2 Å². The van der Waals surface area contributed by atoms with Gasteiger partial charge in [0.1, 0.15) is 5.44 Å². The van der Waals surface area contributed by atoms with Gasteiger partial charge in [0.25, 0.3) is 0 Å². The monoisotopic (exact) mass is 278 g/mol. The van der Waals surface area contributed by atoms with Gasteiger partial charge in [-0.3, -0.25) is 4.79 Å². The average molecular weight is 279 g/mol. The van der Waals surface area contributed by atoms with Crippen LogP contribution in [0.5, 0.6) is 0 Å². The van der Waals surface area contributed by atoms with Crippen LogP contribution in [0.1, 0.15) is 21.4 Å². The lowest BCUT2D eigenvalue weighted by Crippen LogP contribution is -1.99. The van der Waals surface area contributed by atoms with E-state index in [9.17, 15) is 9.90 Å². The zero-order valence-electron chi connectivity index (χ0n) is 9.42. The van der Waals surface area contributed by atoms with Crippen molar-refractivity contribution in [2.75, 3.05) is 0 Å². The summed E-state index contributed by atoms with van der Waals surface area (Å²) in [5.41, 5.74) is 0.360. The summed E-state index contributed by atoms with van der Waals surface area (Å²) >= 11 is 6.65. The first-order chi connectivity index (χ1) is 8.66. The first-order valence-corrected chi connectivity index (χ1v) is 6.62. The maximum absolute atomic E-state index is 11.9.